The van der Waals surface area contributed by atoms with Crippen molar-refractivity contribution in [3.63, 3.8) is 0 Å². The van der Waals surface area contributed by atoms with Crippen LogP contribution in [0.15, 0.2) is 42.5 Å². The molecule has 0 aliphatic carbocycles. The molecule has 0 amide bonds. The zero-order chi connectivity index (χ0) is 14.5. The van der Waals surface area contributed by atoms with Gasteiger partial charge in [0, 0.05) is 11.6 Å². The monoisotopic (exact) mass is 293 g/mol. The van der Waals surface area contributed by atoms with Crippen molar-refractivity contribution in [2.45, 2.75) is 19.4 Å². The molecule has 0 aliphatic heterocycles. The zero-order valence-corrected chi connectivity index (χ0v) is 12.0. The minimum atomic E-state index is -0.304. The van der Waals surface area contributed by atoms with E-state index in [4.69, 9.17) is 22.1 Å². The lowest BCUT2D eigenvalue weighted by molar-refractivity contribution is 0.214. The Morgan fingerprint density at radius 2 is 1.90 bits per heavy atom. The smallest absolute Gasteiger partial charge is 0.136 e. The van der Waals surface area contributed by atoms with Gasteiger partial charge < -0.3 is 10.5 Å². The maximum Gasteiger partial charge on any atom is 0.136 e. The first-order chi connectivity index (χ1) is 9.63. The fraction of sp³-hybridized carbons (Fsp3) is 0.250. The number of halogens is 2. The zero-order valence-electron chi connectivity index (χ0n) is 11.3. The first-order valence-corrected chi connectivity index (χ1v) is 6.92. The molecule has 20 heavy (non-hydrogen) atoms. The van der Waals surface area contributed by atoms with Gasteiger partial charge in [0.25, 0.3) is 0 Å². The van der Waals surface area contributed by atoms with Crippen molar-refractivity contribution in [3.05, 3.63) is 64.4 Å². The van der Waals surface area contributed by atoms with Crippen molar-refractivity contribution >= 4 is 11.6 Å². The Kier molecular flexibility index (Phi) is 4.99. The molecule has 2 N–H and O–H groups in total. The summed E-state index contributed by atoms with van der Waals surface area (Å²) in [5, 5.41) is 0.728. The Morgan fingerprint density at radius 3 is 2.50 bits per heavy atom. The third-order valence-electron chi connectivity index (χ3n) is 3.13. The van der Waals surface area contributed by atoms with Gasteiger partial charge in [-0.05, 0) is 47.9 Å². The van der Waals surface area contributed by atoms with Crippen LogP contribution in [-0.4, -0.2) is 6.54 Å². The van der Waals surface area contributed by atoms with Crippen LogP contribution >= 0.6 is 11.6 Å². The van der Waals surface area contributed by atoms with E-state index in [9.17, 15) is 4.39 Å². The summed E-state index contributed by atoms with van der Waals surface area (Å²) >= 11 is 6.08. The summed E-state index contributed by atoms with van der Waals surface area (Å²) in [7, 11) is 0. The van der Waals surface area contributed by atoms with Crippen LogP contribution in [0.2, 0.25) is 5.02 Å². The van der Waals surface area contributed by atoms with Crippen LogP contribution in [0.3, 0.4) is 0 Å². The summed E-state index contributed by atoms with van der Waals surface area (Å²) in [6.45, 7) is 2.35. The first-order valence-electron chi connectivity index (χ1n) is 6.54. The van der Waals surface area contributed by atoms with Crippen LogP contribution in [-0.2, 0) is 6.42 Å². The molecule has 1 atom stereocenters. The Hall–Kier alpha value is -1.58. The highest BCUT2D eigenvalue weighted by atomic mass is 35.5. The van der Waals surface area contributed by atoms with Crippen LogP contribution < -0.4 is 10.5 Å². The average molecular weight is 294 g/mol. The van der Waals surface area contributed by atoms with Crippen molar-refractivity contribution in [3.8, 4) is 5.75 Å². The summed E-state index contributed by atoms with van der Waals surface area (Å²) in [6, 6.07) is 11.7. The molecule has 0 fully saturated rings. The Morgan fingerprint density at radius 1 is 1.20 bits per heavy atom. The highest BCUT2D eigenvalue weighted by Gasteiger charge is 2.12. The minimum absolute atomic E-state index is 0.274. The number of benzene rings is 2. The lowest BCUT2D eigenvalue weighted by atomic mass is 10.1. The van der Waals surface area contributed by atoms with Crippen LogP contribution in [0.25, 0.3) is 0 Å². The Bertz CT molecular complexity index is 571. The van der Waals surface area contributed by atoms with E-state index in [1.807, 2.05) is 25.1 Å². The van der Waals surface area contributed by atoms with E-state index in [0.717, 1.165) is 22.6 Å². The number of hydrogen-bond donors (Lipinski definition) is 1. The molecule has 0 saturated carbocycles. The molecule has 0 spiro atoms. The highest BCUT2D eigenvalue weighted by molar-refractivity contribution is 6.31. The van der Waals surface area contributed by atoms with Gasteiger partial charge in [0.15, 0.2) is 0 Å². The molecular formula is C16H17ClFNO. The summed E-state index contributed by atoms with van der Waals surface area (Å²) in [4.78, 5) is 0. The topological polar surface area (TPSA) is 35.2 Å². The van der Waals surface area contributed by atoms with Crippen molar-refractivity contribution < 1.29 is 9.13 Å². The fourth-order valence-electron chi connectivity index (χ4n) is 1.99. The van der Waals surface area contributed by atoms with E-state index in [2.05, 4.69) is 0 Å². The maximum absolute atomic E-state index is 12.9. The van der Waals surface area contributed by atoms with Gasteiger partial charge in [-0.3, -0.25) is 0 Å². The molecule has 0 aliphatic rings. The van der Waals surface area contributed by atoms with Gasteiger partial charge in [-0.2, -0.15) is 0 Å². The molecular weight excluding hydrogens is 277 g/mol. The molecule has 2 aromatic rings. The second-order valence-corrected chi connectivity index (χ2v) is 4.91. The van der Waals surface area contributed by atoms with E-state index in [0.29, 0.717) is 12.3 Å². The fourth-order valence-corrected chi connectivity index (χ4v) is 2.24. The number of hydrogen-bond acceptors (Lipinski definition) is 2. The number of rotatable bonds is 5. The van der Waals surface area contributed by atoms with Gasteiger partial charge in [-0.15, -0.1) is 0 Å². The third-order valence-corrected chi connectivity index (χ3v) is 3.50. The predicted octanol–water partition coefficient (Wildman–Crippen LogP) is 4.12. The summed E-state index contributed by atoms with van der Waals surface area (Å²) < 4.78 is 18.8. The second kappa shape index (κ2) is 6.73. The van der Waals surface area contributed by atoms with E-state index >= 15 is 0 Å². The molecule has 0 saturated heterocycles. The maximum atomic E-state index is 12.9. The van der Waals surface area contributed by atoms with Crippen molar-refractivity contribution in [1.29, 1.82) is 0 Å². The van der Waals surface area contributed by atoms with E-state index < -0.39 is 0 Å². The van der Waals surface area contributed by atoms with Crippen molar-refractivity contribution in [2.24, 2.45) is 5.73 Å². The Labute approximate surface area is 123 Å². The summed E-state index contributed by atoms with van der Waals surface area (Å²) in [5.41, 5.74) is 7.62. The van der Waals surface area contributed by atoms with Gasteiger partial charge in [-0.25, -0.2) is 4.39 Å². The largest absolute Gasteiger partial charge is 0.484 e. The molecule has 2 aromatic carbocycles. The van der Waals surface area contributed by atoms with E-state index in [-0.39, 0.29) is 11.9 Å². The van der Waals surface area contributed by atoms with Gasteiger partial charge in [0.2, 0.25) is 0 Å². The molecule has 0 heterocycles. The standard InChI is InChI=1S/C16H17ClFNO/c1-2-11-9-14(7-8-15(11)17)20-16(10-19)12-3-5-13(18)6-4-12/h3-9,16H,2,10,19H2,1H3. The quantitative estimate of drug-likeness (QED) is 0.900. The highest BCUT2D eigenvalue weighted by Crippen LogP contribution is 2.26. The normalized spacial score (nSPS) is 12.2. The Balaban J connectivity index is 2.19. The van der Waals surface area contributed by atoms with Crippen LogP contribution in [0.1, 0.15) is 24.2 Å². The van der Waals surface area contributed by atoms with Crippen LogP contribution in [0.4, 0.5) is 4.39 Å². The average Bonchev–Trinajstić information content (AvgIpc) is 2.47. The molecule has 1 unspecified atom stereocenters. The molecule has 2 rings (SSSR count). The first kappa shape index (κ1) is 14.8. The van der Waals surface area contributed by atoms with Gasteiger partial charge in [-0.1, -0.05) is 30.7 Å². The molecule has 4 heteroatoms. The van der Waals surface area contributed by atoms with E-state index in [1.165, 1.54) is 12.1 Å². The van der Waals surface area contributed by atoms with Gasteiger partial charge in [0.1, 0.15) is 17.7 Å². The minimum Gasteiger partial charge on any atom is -0.484 e. The van der Waals surface area contributed by atoms with E-state index in [1.54, 1.807) is 12.1 Å². The number of nitrogens with two attached hydrogens (primary N) is 1. The van der Waals surface area contributed by atoms with Crippen LogP contribution in [0.5, 0.6) is 5.75 Å². The van der Waals surface area contributed by atoms with Gasteiger partial charge >= 0.3 is 0 Å². The molecule has 0 radical (unpaired) electrons. The number of aryl methyl sites for hydroxylation is 1. The second-order valence-electron chi connectivity index (χ2n) is 4.50. The van der Waals surface area contributed by atoms with Crippen molar-refractivity contribution in [1.82, 2.24) is 0 Å². The van der Waals surface area contributed by atoms with Crippen molar-refractivity contribution in [2.75, 3.05) is 6.54 Å². The van der Waals surface area contributed by atoms with Gasteiger partial charge in [0.05, 0.1) is 0 Å². The molecule has 0 bridgehead atoms. The lowest BCUT2D eigenvalue weighted by Gasteiger charge is -2.18. The lowest BCUT2D eigenvalue weighted by Crippen LogP contribution is -2.18. The number of ether oxygens (including phenoxy) is 1. The molecule has 2 nitrogen and oxygen atoms in total. The third kappa shape index (κ3) is 3.50. The molecule has 0 aromatic heterocycles. The molecule has 106 valence electrons. The predicted molar refractivity (Wildman–Crippen MR) is 79.7 cm³/mol. The summed E-state index contributed by atoms with van der Waals surface area (Å²) in [6.07, 6.45) is 0.529. The SMILES string of the molecule is CCc1cc(OC(CN)c2ccc(F)cc2)ccc1Cl. The van der Waals surface area contributed by atoms with Crippen LogP contribution in [0, 0.1) is 5.82 Å². The summed E-state index contributed by atoms with van der Waals surface area (Å²) in [5.74, 6) is 0.440.